The first kappa shape index (κ1) is 18.8. The fourth-order valence-electron chi connectivity index (χ4n) is 3.61. The number of ether oxygens (including phenoxy) is 1. The van der Waals surface area contributed by atoms with Gasteiger partial charge in [-0.3, -0.25) is 4.79 Å². The first-order valence-corrected chi connectivity index (χ1v) is 9.28. The van der Waals surface area contributed by atoms with Crippen molar-refractivity contribution in [3.8, 4) is 0 Å². The molecule has 2 aliphatic rings. The summed E-state index contributed by atoms with van der Waals surface area (Å²) in [5.74, 6) is 0.431. The van der Waals surface area contributed by atoms with Crippen LogP contribution in [0.2, 0.25) is 0 Å². The second-order valence-corrected chi connectivity index (χ2v) is 7.80. The molecule has 26 heavy (non-hydrogen) atoms. The van der Waals surface area contributed by atoms with Gasteiger partial charge in [-0.05, 0) is 26.2 Å². The molecule has 1 aromatic heterocycles. The maximum absolute atomic E-state index is 12.3. The Morgan fingerprint density at radius 3 is 2.69 bits per heavy atom. The van der Waals surface area contributed by atoms with Gasteiger partial charge in [0.15, 0.2) is 5.82 Å². The molecule has 1 heterocycles. The van der Waals surface area contributed by atoms with E-state index in [-0.39, 0.29) is 24.9 Å². The Hall–Kier alpha value is -1.96. The van der Waals surface area contributed by atoms with Crippen LogP contribution in [0.15, 0.2) is 4.52 Å². The second-order valence-electron chi connectivity index (χ2n) is 7.80. The molecule has 2 aliphatic carbocycles. The van der Waals surface area contributed by atoms with E-state index in [9.17, 15) is 14.7 Å². The highest BCUT2D eigenvalue weighted by atomic mass is 16.5. The van der Waals surface area contributed by atoms with E-state index in [0.717, 1.165) is 18.7 Å². The van der Waals surface area contributed by atoms with Gasteiger partial charge in [0, 0.05) is 37.2 Å². The SMILES string of the molecule is CCOC1CC(NC(=O)CCCc2nc(C3CC3)no2)(C(=O)O)C1(C)C. The Morgan fingerprint density at radius 2 is 2.12 bits per heavy atom. The molecule has 0 saturated heterocycles. The molecule has 0 bridgehead atoms. The monoisotopic (exact) mass is 365 g/mol. The number of nitrogens with zero attached hydrogens (tertiary/aromatic N) is 2. The number of aliphatic carboxylic acids is 1. The minimum atomic E-state index is -1.28. The van der Waals surface area contributed by atoms with Crippen LogP contribution in [0.1, 0.15) is 70.5 Å². The van der Waals surface area contributed by atoms with Crippen molar-refractivity contribution in [1.29, 1.82) is 0 Å². The molecule has 1 aromatic rings. The maximum Gasteiger partial charge on any atom is 0.330 e. The molecule has 144 valence electrons. The van der Waals surface area contributed by atoms with Crippen LogP contribution in [0.3, 0.4) is 0 Å². The number of rotatable bonds is 9. The van der Waals surface area contributed by atoms with E-state index in [2.05, 4.69) is 15.5 Å². The zero-order valence-electron chi connectivity index (χ0n) is 15.6. The molecule has 0 aromatic carbocycles. The molecule has 2 N–H and O–H groups in total. The Bertz CT molecular complexity index is 682. The van der Waals surface area contributed by atoms with Crippen molar-refractivity contribution < 1.29 is 24.0 Å². The van der Waals surface area contributed by atoms with Crippen LogP contribution in [0, 0.1) is 5.41 Å². The summed E-state index contributed by atoms with van der Waals surface area (Å²) < 4.78 is 10.8. The number of hydrogen-bond acceptors (Lipinski definition) is 6. The van der Waals surface area contributed by atoms with E-state index >= 15 is 0 Å². The first-order valence-electron chi connectivity index (χ1n) is 9.28. The molecular formula is C18H27N3O5. The third-order valence-corrected chi connectivity index (χ3v) is 5.70. The smallest absolute Gasteiger partial charge is 0.330 e. The molecule has 0 spiro atoms. The molecule has 2 fully saturated rings. The number of amides is 1. The molecule has 3 rings (SSSR count). The van der Waals surface area contributed by atoms with Crippen LogP contribution in [0.25, 0.3) is 0 Å². The predicted octanol–water partition coefficient (Wildman–Crippen LogP) is 2.04. The lowest BCUT2D eigenvalue weighted by atomic mass is 9.54. The van der Waals surface area contributed by atoms with Crippen LogP contribution in [-0.4, -0.2) is 45.4 Å². The predicted molar refractivity (Wildman–Crippen MR) is 91.5 cm³/mol. The quantitative estimate of drug-likeness (QED) is 0.688. The Labute approximate surface area is 152 Å². The highest BCUT2D eigenvalue weighted by molar-refractivity contribution is 5.89. The van der Waals surface area contributed by atoms with Crippen molar-refractivity contribution in [3.63, 3.8) is 0 Å². The van der Waals surface area contributed by atoms with E-state index in [0.29, 0.717) is 31.3 Å². The van der Waals surface area contributed by atoms with Crippen molar-refractivity contribution in [3.05, 3.63) is 11.7 Å². The van der Waals surface area contributed by atoms with E-state index in [4.69, 9.17) is 9.26 Å². The van der Waals surface area contributed by atoms with Gasteiger partial charge in [0.25, 0.3) is 0 Å². The Balaban J connectivity index is 1.51. The first-order chi connectivity index (χ1) is 12.3. The molecule has 8 nitrogen and oxygen atoms in total. The molecule has 2 atom stereocenters. The van der Waals surface area contributed by atoms with E-state index < -0.39 is 16.9 Å². The van der Waals surface area contributed by atoms with E-state index in [1.54, 1.807) is 0 Å². The third kappa shape index (κ3) is 3.34. The Morgan fingerprint density at radius 1 is 1.38 bits per heavy atom. The highest BCUT2D eigenvalue weighted by Crippen LogP contribution is 2.51. The topological polar surface area (TPSA) is 115 Å². The van der Waals surface area contributed by atoms with Crippen molar-refractivity contribution in [2.24, 2.45) is 5.41 Å². The van der Waals surface area contributed by atoms with Crippen LogP contribution >= 0.6 is 0 Å². The second kappa shape index (κ2) is 6.98. The van der Waals surface area contributed by atoms with E-state index in [1.807, 2.05) is 20.8 Å². The zero-order valence-corrected chi connectivity index (χ0v) is 15.6. The van der Waals surface area contributed by atoms with Crippen molar-refractivity contribution in [2.45, 2.75) is 76.9 Å². The van der Waals surface area contributed by atoms with Crippen LogP contribution in [0.4, 0.5) is 0 Å². The molecule has 2 saturated carbocycles. The van der Waals surface area contributed by atoms with Crippen LogP contribution in [0.5, 0.6) is 0 Å². The summed E-state index contributed by atoms with van der Waals surface area (Å²) in [5.41, 5.74) is -1.95. The third-order valence-electron chi connectivity index (χ3n) is 5.70. The van der Waals surface area contributed by atoms with Gasteiger partial charge in [-0.25, -0.2) is 4.79 Å². The molecule has 0 aliphatic heterocycles. The average molecular weight is 365 g/mol. The number of carboxylic acids is 1. The fourth-order valence-corrected chi connectivity index (χ4v) is 3.61. The zero-order chi connectivity index (χ0) is 18.9. The molecule has 8 heteroatoms. The number of aryl methyl sites for hydroxylation is 1. The summed E-state index contributed by atoms with van der Waals surface area (Å²) in [5, 5.41) is 16.4. The summed E-state index contributed by atoms with van der Waals surface area (Å²) in [6.45, 7) is 6.04. The lowest BCUT2D eigenvalue weighted by molar-refractivity contribution is -0.194. The minimum absolute atomic E-state index is 0.178. The summed E-state index contributed by atoms with van der Waals surface area (Å²) >= 11 is 0. The number of nitrogens with one attached hydrogen (secondary N) is 1. The molecule has 2 unspecified atom stereocenters. The summed E-state index contributed by atoms with van der Waals surface area (Å²) in [6, 6.07) is 0. The normalized spacial score (nSPS) is 27.0. The fraction of sp³-hybridized carbons (Fsp3) is 0.778. The summed E-state index contributed by atoms with van der Waals surface area (Å²) in [4.78, 5) is 28.5. The number of aromatic nitrogens is 2. The van der Waals surface area contributed by atoms with Crippen molar-refractivity contribution in [2.75, 3.05) is 6.61 Å². The van der Waals surface area contributed by atoms with Gasteiger partial charge in [-0.1, -0.05) is 19.0 Å². The van der Waals surface area contributed by atoms with E-state index in [1.165, 1.54) is 0 Å². The van der Waals surface area contributed by atoms with Crippen molar-refractivity contribution in [1.82, 2.24) is 15.5 Å². The number of hydrogen-bond donors (Lipinski definition) is 2. The lowest BCUT2D eigenvalue weighted by Gasteiger charge is -2.58. The number of carbonyl (C=O) groups is 2. The van der Waals surface area contributed by atoms with Crippen LogP contribution in [-0.2, 0) is 20.7 Å². The number of carboxylic acid groups (broad SMARTS) is 1. The van der Waals surface area contributed by atoms with Gasteiger partial charge in [0.2, 0.25) is 11.8 Å². The van der Waals surface area contributed by atoms with Gasteiger partial charge in [0.1, 0.15) is 5.54 Å². The Kier molecular flexibility index (Phi) is 5.05. The molecule has 0 radical (unpaired) electrons. The van der Waals surface area contributed by atoms with Gasteiger partial charge >= 0.3 is 5.97 Å². The molecule has 1 amide bonds. The van der Waals surface area contributed by atoms with Crippen LogP contribution < -0.4 is 5.32 Å². The van der Waals surface area contributed by atoms with Gasteiger partial charge in [-0.15, -0.1) is 0 Å². The highest BCUT2D eigenvalue weighted by Gasteiger charge is 2.66. The minimum Gasteiger partial charge on any atom is -0.479 e. The standard InChI is InChI=1S/C18H27N3O5/c1-4-25-12-10-18(16(23)24,17(12,2)3)20-13(22)6-5-7-14-19-15(21-26-14)11-8-9-11/h11-12H,4-10H2,1-3H3,(H,20,22)(H,23,24). The van der Waals surface area contributed by atoms with Gasteiger partial charge < -0.3 is 19.7 Å². The summed E-state index contributed by atoms with van der Waals surface area (Å²) in [6.07, 6.45) is 3.58. The molecular weight excluding hydrogens is 338 g/mol. The number of carbonyl (C=O) groups excluding carboxylic acids is 1. The maximum atomic E-state index is 12.3. The average Bonchev–Trinajstić information content (AvgIpc) is 3.32. The summed E-state index contributed by atoms with van der Waals surface area (Å²) in [7, 11) is 0. The largest absolute Gasteiger partial charge is 0.479 e. The lowest BCUT2D eigenvalue weighted by Crippen LogP contribution is -2.76. The van der Waals surface area contributed by atoms with Gasteiger partial charge in [-0.2, -0.15) is 4.98 Å². The van der Waals surface area contributed by atoms with Crippen molar-refractivity contribution >= 4 is 11.9 Å². The van der Waals surface area contributed by atoms with Gasteiger partial charge in [0.05, 0.1) is 6.10 Å².